The number of halogens is 2. The van der Waals surface area contributed by atoms with E-state index in [0.29, 0.717) is 5.15 Å². The number of aromatic nitrogens is 1. The van der Waals surface area contributed by atoms with E-state index in [9.17, 15) is 4.79 Å². The van der Waals surface area contributed by atoms with E-state index in [-0.39, 0.29) is 18.0 Å². The maximum absolute atomic E-state index is 10.2. The summed E-state index contributed by atoms with van der Waals surface area (Å²) < 4.78 is 0. The van der Waals surface area contributed by atoms with E-state index in [4.69, 9.17) is 16.7 Å². The van der Waals surface area contributed by atoms with Gasteiger partial charge in [0.05, 0.1) is 5.56 Å². The number of rotatable bonds is 1. The Kier molecular flexibility index (Phi) is 3.85. The third-order valence-corrected chi connectivity index (χ3v) is 1.20. The lowest BCUT2D eigenvalue weighted by molar-refractivity contribution is 0.0696. The van der Waals surface area contributed by atoms with Crippen LogP contribution in [0.15, 0.2) is 18.3 Å². The second-order valence-corrected chi connectivity index (χ2v) is 2.06. The molecule has 5 heteroatoms. The summed E-state index contributed by atoms with van der Waals surface area (Å²) >= 11 is 5.41. The molecule has 1 aromatic heterocycles. The molecule has 0 aliphatic rings. The summed E-state index contributed by atoms with van der Waals surface area (Å²) in [5.74, 6) is -0.996. The number of pyridine rings is 1. The maximum atomic E-state index is 10.2. The van der Waals surface area contributed by atoms with Crippen molar-refractivity contribution in [3.63, 3.8) is 0 Å². The van der Waals surface area contributed by atoms with Crippen LogP contribution < -0.4 is 0 Å². The second kappa shape index (κ2) is 4.16. The van der Waals surface area contributed by atoms with Crippen LogP contribution in [-0.4, -0.2) is 16.1 Å². The van der Waals surface area contributed by atoms with Gasteiger partial charge in [0.25, 0.3) is 0 Å². The van der Waals surface area contributed by atoms with Crippen LogP contribution in [0.25, 0.3) is 0 Å². The highest BCUT2D eigenvalue weighted by atomic mass is 35.5. The van der Waals surface area contributed by atoms with Crippen LogP contribution in [0.1, 0.15) is 10.4 Å². The highest BCUT2D eigenvalue weighted by molar-refractivity contribution is 6.29. The molecular formula is C6H5Cl2NO2. The van der Waals surface area contributed by atoms with Crippen molar-refractivity contribution in [1.82, 2.24) is 4.98 Å². The summed E-state index contributed by atoms with van der Waals surface area (Å²) in [6.07, 6.45) is 1.21. The van der Waals surface area contributed by atoms with E-state index < -0.39 is 5.97 Å². The van der Waals surface area contributed by atoms with Crippen LogP contribution >= 0.6 is 24.0 Å². The van der Waals surface area contributed by atoms with Gasteiger partial charge < -0.3 is 5.11 Å². The summed E-state index contributed by atoms with van der Waals surface area (Å²) in [5.41, 5.74) is 0.143. The fourth-order valence-corrected chi connectivity index (χ4v) is 0.614. The standard InChI is InChI=1S/C6H4ClNO2.ClH/c7-5-2-1-4(3-8-5)6(9)10;/h1-3H,(H,9,10);1H. The number of aromatic carboxylic acids is 1. The van der Waals surface area contributed by atoms with E-state index in [1.54, 1.807) is 0 Å². The first-order valence-electron chi connectivity index (χ1n) is 2.55. The lowest BCUT2D eigenvalue weighted by Crippen LogP contribution is -1.95. The average molecular weight is 194 g/mol. The summed E-state index contributed by atoms with van der Waals surface area (Å²) in [6, 6.07) is 2.84. The Labute approximate surface area is 74.4 Å². The predicted octanol–water partition coefficient (Wildman–Crippen LogP) is 1.85. The van der Waals surface area contributed by atoms with E-state index in [2.05, 4.69) is 4.98 Å². The summed E-state index contributed by atoms with van der Waals surface area (Å²) in [4.78, 5) is 13.8. The quantitative estimate of drug-likeness (QED) is 0.694. The minimum atomic E-state index is -0.996. The minimum absolute atomic E-state index is 0. The van der Waals surface area contributed by atoms with Crippen LogP contribution in [0.5, 0.6) is 0 Å². The largest absolute Gasteiger partial charge is 0.478 e. The fraction of sp³-hybridized carbons (Fsp3) is 0. The van der Waals surface area contributed by atoms with Crippen molar-refractivity contribution in [3.8, 4) is 0 Å². The number of carboxylic acid groups (broad SMARTS) is 1. The SMILES string of the molecule is Cl.O=C(O)c1ccc(Cl)nc1. The molecule has 0 aliphatic heterocycles. The van der Waals surface area contributed by atoms with Crippen molar-refractivity contribution < 1.29 is 9.90 Å². The molecule has 0 aliphatic carbocycles. The van der Waals surface area contributed by atoms with E-state index in [1.165, 1.54) is 18.3 Å². The third kappa shape index (κ3) is 2.74. The number of carbonyl (C=O) groups is 1. The molecule has 11 heavy (non-hydrogen) atoms. The molecule has 0 unspecified atom stereocenters. The van der Waals surface area contributed by atoms with Crippen molar-refractivity contribution in [2.24, 2.45) is 0 Å². The minimum Gasteiger partial charge on any atom is -0.478 e. The van der Waals surface area contributed by atoms with E-state index in [0.717, 1.165) is 0 Å². The number of hydrogen-bond donors (Lipinski definition) is 1. The van der Waals surface area contributed by atoms with Gasteiger partial charge in [-0.05, 0) is 12.1 Å². The van der Waals surface area contributed by atoms with Gasteiger partial charge in [0.1, 0.15) is 5.15 Å². The molecule has 0 amide bonds. The lowest BCUT2D eigenvalue weighted by atomic mass is 10.3. The molecule has 1 N–H and O–H groups in total. The topological polar surface area (TPSA) is 50.2 Å². The highest BCUT2D eigenvalue weighted by Crippen LogP contribution is 2.04. The van der Waals surface area contributed by atoms with Crippen LogP contribution in [0, 0.1) is 0 Å². The van der Waals surface area contributed by atoms with Crippen molar-refractivity contribution in [2.45, 2.75) is 0 Å². The predicted molar refractivity (Wildman–Crippen MR) is 43.5 cm³/mol. The van der Waals surface area contributed by atoms with E-state index >= 15 is 0 Å². The monoisotopic (exact) mass is 193 g/mol. The zero-order valence-electron chi connectivity index (χ0n) is 5.32. The van der Waals surface area contributed by atoms with Gasteiger partial charge >= 0.3 is 5.97 Å². The van der Waals surface area contributed by atoms with Crippen molar-refractivity contribution in [3.05, 3.63) is 29.0 Å². The molecule has 1 rings (SSSR count). The second-order valence-electron chi connectivity index (χ2n) is 1.67. The lowest BCUT2D eigenvalue weighted by Gasteiger charge is -1.90. The van der Waals surface area contributed by atoms with Crippen LogP contribution in [0.4, 0.5) is 0 Å². The molecule has 0 saturated heterocycles. The molecule has 60 valence electrons. The third-order valence-electron chi connectivity index (χ3n) is 0.974. The first-order chi connectivity index (χ1) is 4.70. The van der Waals surface area contributed by atoms with Gasteiger partial charge in [0, 0.05) is 6.20 Å². The van der Waals surface area contributed by atoms with Gasteiger partial charge in [0.2, 0.25) is 0 Å². The Morgan fingerprint density at radius 2 is 2.18 bits per heavy atom. The molecule has 0 aromatic carbocycles. The fourth-order valence-electron chi connectivity index (χ4n) is 0.502. The van der Waals surface area contributed by atoms with Gasteiger partial charge in [-0.3, -0.25) is 0 Å². The summed E-state index contributed by atoms with van der Waals surface area (Å²) in [6.45, 7) is 0. The average Bonchev–Trinajstić information content (AvgIpc) is 1.88. The van der Waals surface area contributed by atoms with Gasteiger partial charge in [-0.2, -0.15) is 0 Å². The Hall–Kier alpha value is -0.800. The van der Waals surface area contributed by atoms with Crippen molar-refractivity contribution in [2.75, 3.05) is 0 Å². The highest BCUT2D eigenvalue weighted by Gasteiger charge is 2.00. The van der Waals surface area contributed by atoms with Crippen molar-refractivity contribution in [1.29, 1.82) is 0 Å². The summed E-state index contributed by atoms with van der Waals surface area (Å²) in [7, 11) is 0. The van der Waals surface area contributed by atoms with Gasteiger partial charge in [-0.25, -0.2) is 9.78 Å². The Bertz CT molecular complexity index is 247. The molecule has 1 heterocycles. The molecule has 3 nitrogen and oxygen atoms in total. The van der Waals surface area contributed by atoms with Gasteiger partial charge in [-0.15, -0.1) is 12.4 Å². The molecule has 0 radical (unpaired) electrons. The number of carboxylic acids is 1. The molecular weight excluding hydrogens is 189 g/mol. The van der Waals surface area contributed by atoms with Gasteiger partial charge in [-0.1, -0.05) is 11.6 Å². The molecule has 0 spiro atoms. The maximum Gasteiger partial charge on any atom is 0.337 e. The van der Waals surface area contributed by atoms with Gasteiger partial charge in [0.15, 0.2) is 0 Å². The first kappa shape index (κ1) is 10.2. The zero-order valence-corrected chi connectivity index (χ0v) is 6.89. The normalized spacial score (nSPS) is 8.45. The Balaban J connectivity index is 0.000001000. The number of nitrogens with zero attached hydrogens (tertiary/aromatic N) is 1. The Morgan fingerprint density at radius 1 is 1.55 bits per heavy atom. The molecule has 0 saturated carbocycles. The van der Waals surface area contributed by atoms with Crippen LogP contribution in [0.2, 0.25) is 5.15 Å². The van der Waals surface area contributed by atoms with E-state index in [1.807, 2.05) is 0 Å². The van der Waals surface area contributed by atoms with Crippen LogP contribution in [-0.2, 0) is 0 Å². The molecule has 0 bridgehead atoms. The smallest absolute Gasteiger partial charge is 0.337 e. The Morgan fingerprint density at radius 3 is 2.55 bits per heavy atom. The number of hydrogen-bond acceptors (Lipinski definition) is 2. The molecule has 1 aromatic rings. The van der Waals surface area contributed by atoms with Crippen LogP contribution in [0.3, 0.4) is 0 Å². The molecule has 0 fully saturated rings. The molecule has 0 atom stereocenters. The first-order valence-corrected chi connectivity index (χ1v) is 2.93. The summed E-state index contributed by atoms with van der Waals surface area (Å²) in [5, 5.41) is 8.69. The van der Waals surface area contributed by atoms with Crippen molar-refractivity contribution >= 4 is 30.0 Å². The zero-order chi connectivity index (χ0) is 7.56.